The zero-order valence-electron chi connectivity index (χ0n) is 12.8. The van der Waals surface area contributed by atoms with Crippen LogP contribution in [0, 0.1) is 11.8 Å². The summed E-state index contributed by atoms with van der Waals surface area (Å²) in [4.78, 5) is 13.4. The molecule has 1 aromatic carbocycles. The first-order chi connectivity index (χ1) is 9.47. The smallest absolute Gasteiger partial charge is 0.408 e. The summed E-state index contributed by atoms with van der Waals surface area (Å²) in [6.07, 6.45) is 0. The molecule has 0 spiro atoms. The van der Waals surface area contributed by atoms with E-state index in [4.69, 9.17) is 4.42 Å². The third-order valence-corrected chi connectivity index (χ3v) is 3.35. The second kappa shape index (κ2) is 6.27. The Bertz CT molecular complexity index is 600. The summed E-state index contributed by atoms with van der Waals surface area (Å²) >= 11 is 0. The van der Waals surface area contributed by atoms with Crippen LogP contribution >= 0.6 is 0 Å². The van der Waals surface area contributed by atoms with Gasteiger partial charge in [-0.2, -0.15) is 0 Å². The van der Waals surface area contributed by atoms with Gasteiger partial charge < -0.3 is 9.32 Å². The van der Waals surface area contributed by atoms with Crippen LogP contribution in [-0.4, -0.2) is 17.7 Å². The van der Waals surface area contributed by atoms with Crippen LogP contribution in [0.4, 0.5) is 0 Å². The molecule has 1 N–H and O–H groups in total. The quantitative estimate of drug-likeness (QED) is 0.874. The second-order valence-corrected chi connectivity index (χ2v) is 6.37. The molecule has 0 radical (unpaired) electrons. The first-order valence-electron chi connectivity index (χ1n) is 7.39. The first-order valence-corrected chi connectivity index (χ1v) is 7.39. The third-order valence-electron chi connectivity index (χ3n) is 3.35. The highest BCUT2D eigenvalue weighted by molar-refractivity contribution is 5.72. The van der Waals surface area contributed by atoms with E-state index in [1.165, 1.54) is 4.90 Å². The van der Waals surface area contributed by atoms with Crippen molar-refractivity contribution in [3.63, 3.8) is 0 Å². The van der Waals surface area contributed by atoms with Crippen molar-refractivity contribution in [2.45, 2.75) is 34.4 Å². The molecule has 0 aliphatic heterocycles. The molecule has 20 heavy (non-hydrogen) atoms. The standard InChI is InChI=1S/C16H24N2O2/c1-12(2)9-17(10-13(3)4)11-18-14-7-5-6-8-15(14)20-16(18)19/h5-8,12-13H,9-11H2,1-4H3/p+1. The molecule has 0 unspecified atom stereocenters. The number of benzene rings is 1. The van der Waals surface area contributed by atoms with E-state index in [2.05, 4.69) is 27.7 Å². The molecule has 4 nitrogen and oxygen atoms in total. The fraction of sp³-hybridized carbons (Fsp3) is 0.562. The summed E-state index contributed by atoms with van der Waals surface area (Å²) < 4.78 is 7.06. The molecule has 0 atom stereocenters. The van der Waals surface area contributed by atoms with Gasteiger partial charge in [0.15, 0.2) is 12.3 Å². The largest absolute Gasteiger partial charge is 0.424 e. The lowest BCUT2D eigenvalue weighted by Crippen LogP contribution is -3.12. The normalized spacial score (nSPS) is 12.2. The Kier molecular flexibility index (Phi) is 4.65. The Hall–Kier alpha value is -1.55. The summed E-state index contributed by atoms with van der Waals surface area (Å²) in [5.74, 6) is 0.964. The monoisotopic (exact) mass is 277 g/mol. The molecule has 110 valence electrons. The van der Waals surface area contributed by atoms with Crippen molar-refractivity contribution < 1.29 is 9.32 Å². The van der Waals surface area contributed by atoms with E-state index in [9.17, 15) is 4.79 Å². The first kappa shape index (κ1) is 14.9. The molecule has 0 aliphatic carbocycles. The van der Waals surface area contributed by atoms with Crippen LogP contribution in [0.15, 0.2) is 33.5 Å². The molecule has 0 fully saturated rings. The summed E-state index contributed by atoms with van der Waals surface area (Å²) in [7, 11) is 0. The molecular weight excluding hydrogens is 252 g/mol. The van der Waals surface area contributed by atoms with Crippen LogP contribution in [0.2, 0.25) is 0 Å². The SMILES string of the molecule is CC(C)C[NH+](CC(C)C)Cn1c(=O)oc2ccccc21. The number of aromatic nitrogens is 1. The molecular formula is C16H25N2O2+. The van der Waals surface area contributed by atoms with E-state index in [1.54, 1.807) is 4.57 Å². The minimum Gasteiger partial charge on any atom is -0.408 e. The van der Waals surface area contributed by atoms with E-state index in [1.807, 2.05) is 24.3 Å². The summed E-state index contributed by atoms with van der Waals surface area (Å²) in [5, 5.41) is 0. The third kappa shape index (κ3) is 3.51. The summed E-state index contributed by atoms with van der Waals surface area (Å²) in [6, 6.07) is 7.63. The highest BCUT2D eigenvalue weighted by atomic mass is 16.4. The maximum Gasteiger partial charge on any atom is 0.424 e. The van der Waals surface area contributed by atoms with Crippen LogP contribution in [0.1, 0.15) is 27.7 Å². The van der Waals surface area contributed by atoms with E-state index in [0.717, 1.165) is 18.6 Å². The van der Waals surface area contributed by atoms with E-state index in [-0.39, 0.29) is 5.76 Å². The number of nitrogens with zero attached hydrogens (tertiary/aromatic N) is 1. The molecule has 0 saturated heterocycles. The van der Waals surface area contributed by atoms with Gasteiger partial charge in [-0.1, -0.05) is 39.8 Å². The lowest BCUT2D eigenvalue weighted by Gasteiger charge is -2.23. The fourth-order valence-corrected chi connectivity index (χ4v) is 2.75. The van der Waals surface area contributed by atoms with Gasteiger partial charge >= 0.3 is 5.76 Å². The number of hydrogen-bond acceptors (Lipinski definition) is 2. The number of hydrogen-bond donors (Lipinski definition) is 1. The van der Waals surface area contributed by atoms with Gasteiger partial charge in [-0.15, -0.1) is 0 Å². The maximum absolute atomic E-state index is 12.0. The van der Waals surface area contributed by atoms with Crippen LogP contribution in [0.5, 0.6) is 0 Å². The van der Waals surface area contributed by atoms with E-state index in [0.29, 0.717) is 24.1 Å². The lowest BCUT2D eigenvalue weighted by molar-refractivity contribution is -0.928. The van der Waals surface area contributed by atoms with Gasteiger partial charge in [0.2, 0.25) is 0 Å². The Labute approximate surface area is 120 Å². The number of rotatable bonds is 6. The van der Waals surface area contributed by atoms with Crippen LogP contribution < -0.4 is 10.7 Å². The van der Waals surface area contributed by atoms with Gasteiger partial charge in [0.1, 0.15) is 0 Å². The second-order valence-electron chi connectivity index (χ2n) is 6.37. The zero-order chi connectivity index (χ0) is 14.7. The average molecular weight is 277 g/mol. The fourth-order valence-electron chi connectivity index (χ4n) is 2.75. The average Bonchev–Trinajstić information content (AvgIpc) is 2.64. The lowest BCUT2D eigenvalue weighted by atomic mass is 10.1. The number of oxazole rings is 1. The minimum absolute atomic E-state index is 0.254. The molecule has 1 aromatic heterocycles. The van der Waals surface area contributed by atoms with Crippen molar-refractivity contribution in [1.29, 1.82) is 0 Å². The predicted octanol–water partition coefficient (Wildman–Crippen LogP) is 1.75. The molecule has 1 heterocycles. The van der Waals surface area contributed by atoms with E-state index >= 15 is 0 Å². The van der Waals surface area contributed by atoms with Crippen LogP contribution in [0.3, 0.4) is 0 Å². The molecule has 4 heteroatoms. The van der Waals surface area contributed by atoms with Gasteiger partial charge in [0, 0.05) is 11.8 Å². The number of fused-ring (bicyclic) bond motifs is 1. The Morgan fingerprint density at radius 1 is 1.10 bits per heavy atom. The summed E-state index contributed by atoms with van der Waals surface area (Å²) in [5.41, 5.74) is 1.56. The van der Waals surface area contributed by atoms with Gasteiger partial charge in [-0.05, 0) is 12.1 Å². The number of quaternary nitrogens is 1. The molecule has 0 bridgehead atoms. The molecule has 2 rings (SSSR count). The van der Waals surface area contributed by atoms with E-state index < -0.39 is 0 Å². The topological polar surface area (TPSA) is 39.6 Å². The van der Waals surface area contributed by atoms with Gasteiger partial charge in [-0.3, -0.25) is 0 Å². The molecule has 0 aliphatic rings. The highest BCUT2D eigenvalue weighted by Gasteiger charge is 2.17. The molecule has 2 aromatic rings. The van der Waals surface area contributed by atoms with Crippen LogP contribution in [0.25, 0.3) is 11.1 Å². The number of para-hydroxylation sites is 2. The van der Waals surface area contributed by atoms with Gasteiger partial charge in [0.25, 0.3) is 0 Å². The van der Waals surface area contributed by atoms with Gasteiger partial charge in [-0.25, -0.2) is 9.36 Å². The Balaban J connectivity index is 2.27. The van der Waals surface area contributed by atoms with Crippen molar-refractivity contribution >= 4 is 11.1 Å². The predicted molar refractivity (Wildman–Crippen MR) is 80.8 cm³/mol. The number of nitrogens with one attached hydrogen (secondary N) is 1. The van der Waals surface area contributed by atoms with Crippen molar-refractivity contribution in [3.8, 4) is 0 Å². The van der Waals surface area contributed by atoms with Crippen molar-refractivity contribution in [3.05, 3.63) is 34.8 Å². The Morgan fingerprint density at radius 3 is 2.30 bits per heavy atom. The zero-order valence-corrected chi connectivity index (χ0v) is 12.8. The molecule has 0 amide bonds. The maximum atomic E-state index is 12.0. The highest BCUT2D eigenvalue weighted by Crippen LogP contribution is 2.10. The van der Waals surface area contributed by atoms with Gasteiger partial charge in [0.05, 0.1) is 18.6 Å². The molecule has 0 saturated carbocycles. The van der Waals surface area contributed by atoms with Crippen molar-refractivity contribution in [2.24, 2.45) is 11.8 Å². The Morgan fingerprint density at radius 2 is 1.70 bits per heavy atom. The van der Waals surface area contributed by atoms with Crippen molar-refractivity contribution in [1.82, 2.24) is 4.57 Å². The van der Waals surface area contributed by atoms with Crippen molar-refractivity contribution in [2.75, 3.05) is 13.1 Å². The van der Waals surface area contributed by atoms with Crippen LogP contribution in [-0.2, 0) is 6.67 Å². The minimum atomic E-state index is -0.254. The summed E-state index contributed by atoms with van der Waals surface area (Å²) in [6.45, 7) is 11.7.